The summed E-state index contributed by atoms with van der Waals surface area (Å²) in [6.45, 7) is 15.4. The molecule has 0 atom stereocenters. The van der Waals surface area contributed by atoms with Crippen molar-refractivity contribution in [3.05, 3.63) is 42.5 Å². The molecule has 0 aliphatic carbocycles. The summed E-state index contributed by atoms with van der Waals surface area (Å²) in [4.78, 5) is 0. The molecule has 0 amide bonds. The van der Waals surface area contributed by atoms with Gasteiger partial charge in [-0.05, 0) is 110 Å². The van der Waals surface area contributed by atoms with Gasteiger partial charge in [0.15, 0.2) is 0 Å². The molecule has 21 heavy (non-hydrogen) atoms. The number of fused-ring (bicyclic) bond motifs is 3. The van der Waals surface area contributed by atoms with Crippen molar-refractivity contribution in [3.8, 4) is 0 Å². The van der Waals surface area contributed by atoms with Crippen molar-refractivity contribution in [3.63, 3.8) is 0 Å². The summed E-state index contributed by atoms with van der Waals surface area (Å²) in [6, 6.07) is 0. The Bertz CT molecular complexity index is 839. The quantitative estimate of drug-likeness (QED) is 0.407. The van der Waals surface area contributed by atoms with E-state index in [1.165, 1.54) is 53.3 Å². The topological polar surface area (TPSA) is 13.1 Å². The molecule has 0 radical (unpaired) electrons. The third-order valence-corrected chi connectivity index (χ3v) is 6.67. The fourth-order valence-corrected chi connectivity index (χ4v) is 4.17. The summed E-state index contributed by atoms with van der Waals surface area (Å²) in [5.74, 6) is 0. The molecule has 2 aromatic carbocycles. The molecule has 0 fully saturated rings. The summed E-state index contributed by atoms with van der Waals surface area (Å²) in [7, 11) is 0. The van der Waals surface area contributed by atoms with Crippen molar-refractivity contribution in [1.82, 2.24) is 0 Å². The van der Waals surface area contributed by atoms with E-state index in [2.05, 4.69) is 71.1 Å². The lowest BCUT2D eigenvalue weighted by Gasteiger charge is -2.11. The normalized spacial score (nSPS) is 11.8. The van der Waals surface area contributed by atoms with Crippen LogP contribution in [0.2, 0.25) is 0 Å². The van der Waals surface area contributed by atoms with E-state index in [-0.39, 0.29) is 0 Å². The van der Waals surface area contributed by atoms with Crippen LogP contribution < -0.4 is 0 Å². The Morgan fingerprint density at radius 1 is 0.524 bits per heavy atom. The first kappa shape index (κ1) is 14.9. The van der Waals surface area contributed by atoms with Crippen LogP contribution >= 0.6 is 22.6 Å². The molecule has 0 spiro atoms. The fraction of sp³-hybridized carbons (Fsp3) is 0.368. The van der Waals surface area contributed by atoms with Crippen molar-refractivity contribution < 1.29 is 4.42 Å². The zero-order chi connectivity index (χ0) is 15.6. The first-order valence-corrected chi connectivity index (χ1v) is 8.43. The van der Waals surface area contributed by atoms with E-state index in [9.17, 15) is 0 Å². The van der Waals surface area contributed by atoms with Gasteiger partial charge in [-0.1, -0.05) is 0 Å². The van der Waals surface area contributed by atoms with Gasteiger partial charge in [0.05, 0.1) is 0 Å². The Labute approximate surface area is 139 Å². The standard InChI is InChI=1S/C19H21IO/c1-8-9(2)13(6)18-15(11(8)4)16-17(20)12(5)10(3)14(7)19(16)21-18/h1-7H3. The molecule has 0 N–H and O–H groups in total. The van der Waals surface area contributed by atoms with Crippen molar-refractivity contribution in [2.24, 2.45) is 0 Å². The van der Waals surface area contributed by atoms with Gasteiger partial charge in [0.25, 0.3) is 0 Å². The van der Waals surface area contributed by atoms with Crippen molar-refractivity contribution in [2.75, 3.05) is 0 Å². The Kier molecular flexibility index (Phi) is 3.36. The van der Waals surface area contributed by atoms with Gasteiger partial charge in [-0.15, -0.1) is 0 Å². The highest BCUT2D eigenvalue weighted by Gasteiger charge is 2.21. The highest BCUT2D eigenvalue weighted by atomic mass is 127. The van der Waals surface area contributed by atoms with Gasteiger partial charge in [-0.25, -0.2) is 0 Å². The summed E-state index contributed by atoms with van der Waals surface area (Å²) in [6.07, 6.45) is 0. The lowest BCUT2D eigenvalue weighted by atomic mass is 9.93. The highest BCUT2D eigenvalue weighted by molar-refractivity contribution is 14.1. The van der Waals surface area contributed by atoms with Gasteiger partial charge in [-0.2, -0.15) is 0 Å². The predicted molar refractivity (Wildman–Crippen MR) is 99.6 cm³/mol. The molecule has 0 aliphatic rings. The summed E-state index contributed by atoms with van der Waals surface area (Å²) < 4.78 is 7.67. The van der Waals surface area contributed by atoms with Crippen molar-refractivity contribution in [2.45, 2.75) is 48.5 Å². The molecule has 110 valence electrons. The van der Waals surface area contributed by atoms with E-state index < -0.39 is 0 Å². The van der Waals surface area contributed by atoms with Crippen LogP contribution in [0.15, 0.2) is 4.42 Å². The number of benzene rings is 2. The van der Waals surface area contributed by atoms with Crippen LogP contribution in [-0.4, -0.2) is 0 Å². The molecule has 1 nitrogen and oxygen atoms in total. The maximum absolute atomic E-state index is 6.34. The average molecular weight is 392 g/mol. The Hall–Kier alpha value is -1.03. The Morgan fingerprint density at radius 2 is 0.952 bits per heavy atom. The van der Waals surface area contributed by atoms with Crippen LogP contribution in [0.25, 0.3) is 21.9 Å². The number of hydrogen-bond donors (Lipinski definition) is 0. The molecule has 0 saturated carbocycles. The minimum absolute atomic E-state index is 1.06. The zero-order valence-corrected chi connectivity index (χ0v) is 15.9. The van der Waals surface area contributed by atoms with Crippen LogP contribution in [-0.2, 0) is 0 Å². The second-order valence-corrected chi connectivity index (χ2v) is 7.28. The smallest absolute Gasteiger partial charge is 0.139 e. The number of aryl methyl sites for hydroxylation is 3. The fourth-order valence-electron chi connectivity index (χ4n) is 3.25. The number of halogens is 1. The van der Waals surface area contributed by atoms with E-state index in [1.807, 2.05) is 0 Å². The third-order valence-electron chi connectivity index (χ3n) is 5.33. The van der Waals surface area contributed by atoms with Crippen LogP contribution in [0, 0.1) is 52.0 Å². The number of hydrogen-bond acceptors (Lipinski definition) is 1. The lowest BCUT2D eigenvalue weighted by Crippen LogP contribution is -1.94. The van der Waals surface area contributed by atoms with Crippen LogP contribution in [0.3, 0.4) is 0 Å². The number of furan rings is 1. The molecule has 0 aliphatic heterocycles. The summed E-state index contributed by atoms with van der Waals surface area (Å²) >= 11 is 2.48. The van der Waals surface area contributed by atoms with E-state index in [1.54, 1.807) is 0 Å². The van der Waals surface area contributed by atoms with Gasteiger partial charge in [-0.3, -0.25) is 0 Å². The minimum atomic E-state index is 1.06. The monoisotopic (exact) mass is 392 g/mol. The molecular formula is C19H21IO. The number of rotatable bonds is 0. The zero-order valence-electron chi connectivity index (χ0n) is 13.8. The second-order valence-electron chi connectivity index (χ2n) is 6.20. The minimum Gasteiger partial charge on any atom is -0.455 e. The Morgan fingerprint density at radius 3 is 1.52 bits per heavy atom. The van der Waals surface area contributed by atoms with E-state index in [0.717, 1.165) is 11.2 Å². The maximum Gasteiger partial charge on any atom is 0.139 e. The van der Waals surface area contributed by atoms with E-state index in [0.29, 0.717) is 0 Å². The Balaban J connectivity index is 2.73. The van der Waals surface area contributed by atoms with Crippen molar-refractivity contribution in [1.29, 1.82) is 0 Å². The van der Waals surface area contributed by atoms with E-state index >= 15 is 0 Å². The largest absolute Gasteiger partial charge is 0.455 e. The molecule has 0 unspecified atom stereocenters. The van der Waals surface area contributed by atoms with E-state index in [4.69, 9.17) is 4.42 Å². The molecule has 0 saturated heterocycles. The van der Waals surface area contributed by atoms with Gasteiger partial charge in [0, 0.05) is 14.3 Å². The average Bonchev–Trinajstić information content (AvgIpc) is 2.87. The molecular weight excluding hydrogens is 371 g/mol. The van der Waals surface area contributed by atoms with Crippen molar-refractivity contribution >= 4 is 44.5 Å². The molecule has 3 rings (SSSR count). The third kappa shape index (κ3) is 1.81. The second kappa shape index (κ2) is 4.73. The molecule has 1 heterocycles. The molecule has 0 bridgehead atoms. The van der Waals surface area contributed by atoms with Crippen LogP contribution in [0.4, 0.5) is 0 Å². The first-order valence-electron chi connectivity index (χ1n) is 7.35. The van der Waals surface area contributed by atoms with Gasteiger partial charge >= 0.3 is 0 Å². The first-order chi connectivity index (χ1) is 9.77. The maximum atomic E-state index is 6.34. The van der Waals surface area contributed by atoms with Crippen LogP contribution in [0.1, 0.15) is 38.9 Å². The predicted octanol–water partition coefficient (Wildman–Crippen LogP) is 6.35. The lowest BCUT2D eigenvalue weighted by molar-refractivity contribution is 0.661. The SMILES string of the molecule is Cc1c(C)c(C)c2c(oc3c(C)c(C)c(C)c(I)c32)c1C. The van der Waals surface area contributed by atoms with Gasteiger partial charge in [0.1, 0.15) is 11.2 Å². The van der Waals surface area contributed by atoms with Gasteiger partial charge in [0.2, 0.25) is 0 Å². The molecule has 2 heteroatoms. The molecule has 3 aromatic rings. The van der Waals surface area contributed by atoms with Gasteiger partial charge < -0.3 is 4.42 Å². The summed E-state index contributed by atoms with van der Waals surface area (Å²) in [5, 5.41) is 2.61. The highest BCUT2D eigenvalue weighted by Crippen LogP contribution is 2.42. The molecule has 1 aromatic heterocycles. The van der Waals surface area contributed by atoms with Crippen LogP contribution in [0.5, 0.6) is 0 Å². The summed E-state index contributed by atoms with van der Waals surface area (Å²) in [5.41, 5.74) is 11.5.